The molecule has 1 aliphatic heterocycles. The van der Waals surface area contributed by atoms with Crippen molar-refractivity contribution >= 4 is 5.97 Å². The van der Waals surface area contributed by atoms with Crippen molar-refractivity contribution < 1.29 is 9.53 Å². The first kappa shape index (κ1) is 12.6. The van der Waals surface area contributed by atoms with Gasteiger partial charge in [0.15, 0.2) is 5.69 Å². The molecule has 5 heteroatoms. The van der Waals surface area contributed by atoms with E-state index in [-0.39, 0.29) is 5.97 Å². The summed E-state index contributed by atoms with van der Waals surface area (Å²) in [5.41, 5.74) is 0.577. The van der Waals surface area contributed by atoms with E-state index >= 15 is 0 Å². The first-order chi connectivity index (χ1) is 8.52. The molecule has 0 N–H and O–H groups in total. The van der Waals surface area contributed by atoms with Crippen molar-refractivity contribution in [2.24, 2.45) is 0 Å². The van der Waals surface area contributed by atoms with Crippen molar-refractivity contribution in [1.29, 1.82) is 5.26 Å². The van der Waals surface area contributed by atoms with Gasteiger partial charge >= 0.3 is 5.97 Å². The Bertz CT molecular complexity index is 523. The molecule has 96 valence electrons. The summed E-state index contributed by atoms with van der Waals surface area (Å²) in [6, 6.07) is 2.12. The van der Waals surface area contributed by atoms with Crippen LogP contribution in [0.2, 0.25) is 0 Å². The number of carbonyl (C=O) groups excluding carboxylic acids is 1. The van der Waals surface area contributed by atoms with E-state index in [1.54, 1.807) is 13.8 Å². The smallest absolute Gasteiger partial charge is 0.318 e. The van der Waals surface area contributed by atoms with Gasteiger partial charge in [0.25, 0.3) is 0 Å². The number of rotatable bonds is 2. The zero-order valence-electron chi connectivity index (χ0n) is 11.0. The minimum atomic E-state index is -0.823. The number of methoxy groups -OCH3 is 1. The number of ether oxygens (including phenoxy) is 1. The fourth-order valence-electron chi connectivity index (χ4n) is 2.46. The Balaban J connectivity index is 2.55. The summed E-state index contributed by atoms with van der Waals surface area (Å²) in [6.07, 6.45) is 2.98. The van der Waals surface area contributed by atoms with Gasteiger partial charge in [0.1, 0.15) is 17.3 Å². The van der Waals surface area contributed by atoms with Crippen LogP contribution in [0.25, 0.3) is 0 Å². The number of hydrogen-bond donors (Lipinski definition) is 0. The molecule has 2 heterocycles. The van der Waals surface area contributed by atoms with E-state index in [0.717, 1.165) is 31.5 Å². The fraction of sp³-hybridized carbons (Fsp3) is 0.615. The van der Waals surface area contributed by atoms with Gasteiger partial charge < -0.3 is 9.30 Å². The maximum Gasteiger partial charge on any atom is 0.318 e. The molecule has 0 amide bonds. The molecule has 0 radical (unpaired) electrons. The first-order valence-corrected chi connectivity index (χ1v) is 6.10. The van der Waals surface area contributed by atoms with Gasteiger partial charge in [0.2, 0.25) is 0 Å². The lowest BCUT2D eigenvalue weighted by Crippen LogP contribution is -2.34. The Morgan fingerprint density at radius 2 is 2.22 bits per heavy atom. The average molecular weight is 247 g/mol. The highest BCUT2D eigenvalue weighted by atomic mass is 16.5. The summed E-state index contributed by atoms with van der Waals surface area (Å²) >= 11 is 0. The van der Waals surface area contributed by atoms with Crippen molar-refractivity contribution in [2.45, 2.75) is 45.1 Å². The summed E-state index contributed by atoms with van der Waals surface area (Å²) in [6.45, 7) is 4.38. The maximum atomic E-state index is 11.9. The molecule has 0 atom stereocenters. The van der Waals surface area contributed by atoms with Crippen molar-refractivity contribution in [3.8, 4) is 6.07 Å². The molecular weight excluding hydrogens is 230 g/mol. The second-order valence-electron chi connectivity index (χ2n) is 5.07. The lowest BCUT2D eigenvalue weighted by atomic mass is 9.92. The Morgan fingerprint density at radius 1 is 1.50 bits per heavy atom. The number of carbonyl (C=O) groups is 1. The molecule has 0 unspecified atom stereocenters. The van der Waals surface area contributed by atoms with Crippen LogP contribution in [0.15, 0.2) is 0 Å². The first-order valence-electron chi connectivity index (χ1n) is 6.10. The van der Waals surface area contributed by atoms with Crippen LogP contribution in [0.4, 0.5) is 0 Å². The topological polar surface area (TPSA) is 67.9 Å². The largest absolute Gasteiger partial charge is 0.468 e. The van der Waals surface area contributed by atoms with E-state index in [1.807, 2.05) is 4.57 Å². The minimum Gasteiger partial charge on any atom is -0.468 e. The van der Waals surface area contributed by atoms with Gasteiger partial charge in [-0.05, 0) is 33.1 Å². The van der Waals surface area contributed by atoms with Crippen molar-refractivity contribution in [2.75, 3.05) is 7.11 Å². The highest BCUT2D eigenvalue weighted by Gasteiger charge is 2.38. The lowest BCUT2D eigenvalue weighted by molar-refractivity contribution is -0.146. The predicted octanol–water partition coefficient (Wildman–Crippen LogP) is 1.54. The molecule has 0 saturated heterocycles. The molecule has 0 fully saturated rings. The van der Waals surface area contributed by atoms with Gasteiger partial charge in [-0.15, -0.1) is 0 Å². The van der Waals surface area contributed by atoms with Gasteiger partial charge in [-0.25, -0.2) is 4.98 Å². The number of fused-ring (bicyclic) bond motifs is 1. The summed E-state index contributed by atoms with van der Waals surface area (Å²) in [5.74, 6) is 0.311. The second-order valence-corrected chi connectivity index (χ2v) is 5.07. The Hall–Kier alpha value is -1.83. The van der Waals surface area contributed by atoms with Crippen LogP contribution in [0.1, 0.15) is 43.9 Å². The quantitative estimate of drug-likeness (QED) is 0.743. The molecule has 0 aromatic carbocycles. The average Bonchev–Trinajstić information content (AvgIpc) is 2.77. The summed E-state index contributed by atoms with van der Waals surface area (Å²) in [4.78, 5) is 16.2. The van der Waals surface area contributed by atoms with Crippen LogP contribution in [0.5, 0.6) is 0 Å². The molecule has 0 bridgehead atoms. The van der Waals surface area contributed by atoms with E-state index in [0.29, 0.717) is 11.5 Å². The third-order valence-corrected chi connectivity index (χ3v) is 3.48. The van der Waals surface area contributed by atoms with Crippen molar-refractivity contribution in [3.05, 3.63) is 17.2 Å². The molecular formula is C13H17N3O2. The van der Waals surface area contributed by atoms with Crippen LogP contribution >= 0.6 is 0 Å². The van der Waals surface area contributed by atoms with Crippen molar-refractivity contribution in [3.63, 3.8) is 0 Å². The van der Waals surface area contributed by atoms with Crippen LogP contribution in [-0.2, 0) is 27.9 Å². The number of hydrogen-bond acceptors (Lipinski definition) is 4. The zero-order chi connectivity index (χ0) is 13.3. The number of nitrogens with zero attached hydrogens (tertiary/aromatic N) is 3. The molecule has 0 spiro atoms. The third kappa shape index (κ3) is 1.78. The number of imidazole rings is 1. The lowest BCUT2D eigenvalue weighted by Gasteiger charge is -2.24. The van der Waals surface area contributed by atoms with Gasteiger partial charge in [0.05, 0.1) is 12.8 Å². The van der Waals surface area contributed by atoms with Gasteiger partial charge in [-0.1, -0.05) is 0 Å². The summed E-state index contributed by atoms with van der Waals surface area (Å²) in [7, 11) is 1.37. The second kappa shape index (κ2) is 4.45. The van der Waals surface area contributed by atoms with E-state index in [2.05, 4.69) is 11.1 Å². The van der Waals surface area contributed by atoms with E-state index < -0.39 is 5.41 Å². The fourth-order valence-corrected chi connectivity index (χ4v) is 2.46. The van der Waals surface area contributed by atoms with E-state index in [1.165, 1.54) is 7.11 Å². The van der Waals surface area contributed by atoms with Crippen LogP contribution < -0.4 is 0 Å². The minimum absolute atomic E-state index is 0.328. The van der Waals surface area contributed by atoms with Gasteiger partial charge in [0, 0.05) is 6.54 Å². The molecule has 1 aromatic heterocycles. The molecule has 1 aromatic rings. The van der Waals surface area contributed by atoms with Gasteiger partial charge in [-0.2, -0.15) is 5.26 Å². The highest BCUT2D eigenvalue weighted by Crippen LogP contribution is 2.29. The molecule has 5 nitrogen and oxygen atoms in total. The third-order valence-electron chi connectivity index (χ3n) is 3.48. The molecule has 0 saturated carbocycles. The highest BCUT2D eigenvalue weighted by molar-refractivity contribution is 5.81. The summed E-state index contributed by atoms with van der Waals surface area (Å²) < 4.78 is 6.84. The Morgan fingerprint density at radius 3 is 2.83 bits per heavy atom. The molecule has 2 rings (SSSR count). The van der Waals surface area contributed by atoms with Crippen LogP contribution in [-0.4, -0.2) is 22.6 Å². The Labute approximate surface area is 106 Å². The monoisotopic (exact) mass is 247 g/mol. The van der Waals surface area contributed by atoms with Gasteiger partial charge in [-0.3, -0.25) is 4.79 Å². The zero-order valence-corrected chi connectivity index (χ0v) is 11.0. The van der Waals surface area contributed by atoms with Crippen LogP contribution in [0, 0.1) is 11.3 Å². The standard InChI is InChI=1S/C13H17N3O2/c1-13(2,12(17)18-3)11-15-9(8-14)10-6-4-5-7-16(10)11/h4-7H2,1-3H3. The molecule has 1 aliphatic rings. The predicted molar refractivity (Wildman–Crippen MR) is 64.9 cm³/mol. The number of nitriles is 1. The number of aromatic nitrogens is 2. The normalized spacial score (nSPS) is 14.8. The van der Waals surface area contributed by atoms with Crippen molar-refractivity contribution in [1.82, 2.24) is 9.55 Å². The SMILES string of the molecule is COC(=O)C(C)(C)c1nc(C#N)c2n1CCCC2. The van der Waals surface area contributed by atoms with E-state index in [9.17, 15) is 4.79 Å². The summed E-state index contributed by atoms with van der Waals surface area (Å²) in [5, 5.41) is 9.13. The number of esters is 1. The maximum absolute atomic E-state index is 11.9. The van der Waals surface area contributed by atoms with Crippen LogP contribution in [0.3, 0.4) is 0 Å². The Kier molecular flexibility index (Phi) is 3.12. The van der Waals surface area contributed by atoms with E-state index in [4.69, 9.17) is 10.00 Å². The molecule has 18 heavy (non-hydrogen) atoms. The molecule has 0 aliphatic carbocycles.